The van der Waals surface area contributed by atoms with Crippen molar-refractivity contribution >= 4 is 39.1 Å². The highest BCUT2D eigenvalue weighted by Crippen LogP contribution is 2.38. The van der Waals surface area contributed by atoms with Crippen LogP contribution in [0.3, 0.4) is 0 Å². The molecular formula is C13H11BrClNO2. The first-order chi connectivity index (χ1) is 8.56. The van der Waals surface area contributed by atoms with Crippen molar-refractivity contribution in [2.75, 3.05) is 18.6 Å². The van der Waals surface area contributed by atoms with E-state index in [1.807, 2.05) is 0 Å². The van der Waals surface area contributed by atoms with Crippen LogP contribution in [-0.4, -0.2) is 19.6 Å². The summed E-state index contributed by atoms with van der Waals surface area (Å²) in [6.45, 7) is 0.504. The number of amides is 1. The second-order valence-corrected chi connectivity index (χ2v) is 5.27. The van der Waals surface area contributed by atoms with Gasteiger partial charge in [0.15, 0.2) is 0 Å². The van der Waals surface area contributed by atoms with E-state index >= 15 is 0 Å². The first-order valence-electron chi connectivity index (χ1n) is 5.36. The van der Waals surface area contributed by atoms with Crippen molar-refractivity contribution in [3.8, 4) is 18.1 Å². The van der Waals surface area contributed by atoms with Crippen LogP contribution in [-0.2, 0) is 4.79 Å². The summed E-state index contributed by atoms with van der Waals surface area (Å²) in [4.78, 5) is 13.6. The molecular weight excluding hydrogens is 318 g/mol. The van der Waals surface area contributed by atoms with Crippen LogP contribution in [0.25, 0.3) is 0 Å². The summed E-state index contributed by atoms with van der Waals surface area (Å²) in [5.74, 6) is 3.15. The molecule has 3 nitrogen and oxygen atoms in total. The number of ether oxygens (including phenoxy) is 1. The van der Waals surface area contributed by atoms with E-state index in [4.69, 9.17) is 22.8 Å². The smallest absolute Gasteiger partial charge is 0.228 e. The Kier molecular flexibility index (Phi) is 3.84. The Bertz CT molecular complexity index is 539. The van der Waals surface area contributed by atoms with E-state index in [2.05, 4.69) is 21.9 Å². The van der Waals surface area contributed by atoms with Crippen LogP contribution in [0.1, 0.15) is 6.42 Å². The second kappa shape index (κ2) is 5.21. The van der Waals surface area contributed by atoms with Gasteiger partial charge in [0.2, 0.25) is 5.91 Å². The van der Waals surface area contributed by atoms with E-state index in [1.54, 1.807) is 24.1 Å². The van der Waals surface area contributed by atoms with Gasteiger partial charge in [0.05, 0.1) is 17.8 Å². The predicted octanol–water partition coefficient (Wildman–Crippen LogP) is 3.10. The molecule has 2 rings (SSSR count). The minimum absolute atomic E-state index is 0.00496. The van der Waals surface area contributed by atoms with Crippen LogP contribution in [0, 0.1) is 18.3 Å². The van der Waals surface area contributed by atoms with Gasteiger partial charge in [-0.1, -0.05) is 11.6 Å². The Hall–Kier alpha value is -1.18. The lowest BCUT2D eigenvalue weighted by atomic mass is 10.1. The van der Waals surface area contributed by atoms with E-state index in [1.165, 1.54) is 0 Å². The molecule has 1 fully saturated rings. The summed E-state index contributed by atoms with van der Waals surface area (Å²) in [5.41, 5.74) is 0.661. The Morgan fingerprint density at radius 3 is 2.89 bits per heavy atom. The van der Waals surface area contributed by atoms with Crippen LogP contribution in [0.2, 0.25) is 5.02 Å². The van der Waals surface area contributed by atoms with E-state index in [0.29, 0.717) is 29.4 Å². The Morgan fingerprint density at radius 2 is 2.33 bits per heavy atom. The van der Waals surface area contributed by atoms with Gasteiger partial charge in [0.25, 0.3) is 0 Å². The monoisotopic (exact) mass is 327 g/mol. The Morgan fingerprint density at radius 1 is 1.61 bits per heavy atom. The Balaban J connectivity index is 2.42. The van der Waals surface area contributed by atoms with Gasteiger partial charge >= 0.3 is 0 Å². The van der Waals surface area contributed by atoms with Gasteiger partial charge in [-0.05, 0) is 28.1 Å². The molecule has 0 bridgehead atoms. The molecule has 0 N–H and O–H groups in total. The van der Waals surface area contributed by atoms with Crippen LogP contribution < -0.4 is 9.64 Å². The zero-order valence-electron chi connectivity index (χ0n) is 9.74. The number of nitrogens with zero attached hydrogens (tertiary/aromatic N) is 1. The SMILES string of the molecule is C#CC1CC(=O)N(c2cc(Cl)c(Br)cc2OC)C1. The van der Waals surface area contributed by atoms with Gasteiger partial charge in [0, 0.05) is 23.4 Å². The van der Waals surface area contributed by atoms with E-state index in [9.17, 15) is 4.79 Å². The van der Waals surface area contributed by atoms with E-state index in [-0.39, 0.29) is 11.8 Å². The number of hydrogen-bond donors (Lipinski definition) is 0. The maximum Gasteiger partial charge on any atom is 0.228 e. The number of benzene rings is 1. The molecule has 5 heteroatoms. The molecule has 1 unspecified atom stereocenters. The Labute approximate surface area is 119 Å². The van der Waals surface area contributed by atoms with Crippen molar-refractivity contribution in [2.45, 2.75) is 6.42 Å². The predicted molar refractivity (Wildman–Crippen MR) is 75.0 cm³/mol. The molecule has 0 aliphatic carbocycles. The van der Waals surface area contributed by atoms with Crippen LogP contribution in [0.15, 0.2) is 16.6 Å². The van der Waals surface area contributed by atoms with Gasteiger partial charge in [-0.15, -0.1) is 12.3 Å². The summed E-state index contributed by atoms with van der Waals surface area (Å²) in [6.07, 6.45) is 5.74. The zero-order valence-corrected chi connectivity index (χ0v) is 12.1. The van der Waals surface area contributed by atoms with E-state index in [0.717, 1.165) is 4.47 Å². The summed E-state index contributed by atoms with van der Waals surface area (Å²) in [6, 6.07) is 3.45. The highest BCUT2D eigenvalue weighted by Gasteiger charge is 2.31. The van der Waals surface area contributed by atoms with Crippen LogP contribution in [0.5, 0.6) is 5.75 Å². The maximum atomic E-state index is 11.9. The number of carbonyl (C=O) groups excluding carboxylic acids is 1. The molecule has 0 spiro atoms. The third-order valence-corrected chi connectivity index (χ3v) is 4.07. The molecule has 1 atom stereocenters. The van der Waals surface area contributed by atoms with Crippen molar-refractivity contribution in [2.24, 2.45) is 5.92 Å². The maximum absolute atomic E-state index is 11.9. The number of hydrogen-bond acceptors (Lipinski definition) is 2. The largest absolute Gasteiger partial charge is 0.495 e. The van der Waals surface area contributed by atoms with Crippen molar-refractivity contribution in [3.63, 3.8) is 0 Å². The van der Waals surface area contributed by atoms with Crippen molar-refractivity contribution in [1.29, 1.82) is 0 Å². The fourth-order valence-electron chi connectivity index (χ4n) is 1.94. The van der Waals surface area contributed by atoms with Gasteiger partial charge < -0.3 is 9.64 Å². The molecule has 94 valence electrons. The van der Waals surface area contributed by atoms with Crippen LogP contribution in [0.4, 0.5) is 5.69 Å². The lowest BCUT2D eigenvalue weighted by molar-refractivity contribution is -0.117. The fraction of sp³-hybridized carbons (Fsp3) is 0.308. The zero-order chi connectivity index (χ0) is 13.3. The number of methoxy groups -OCH3 is 1. The second-order valence-electron chi connectivity index (χ2n) is 4.01. The van der Waals surface area contributed by atoms with Crippen molar-refractivity contribution in [1.82, 2.24) is 0 Å². The molecule has 1 aromatic carbocycles. The third kappa shape index (κ3) is 2.33. The first kappa shape index (κ1) is 13.3. The van der Waals surface area contributed by atoms with Gasteiger partial charge in [0.1, 0.15) is 5.75 Å². The van der Waals surface area contributed by atoms with Crippen molar-refractivity contribution < 1.29 is 9.53 Å². The molecule has 1 amide bonds. The topological polar surface area (TPSA) is 29.5 Å². The molecule has 1 aliphatic heterocycles. The van der Waals surface area contributed by atoms with Gasteiger partial charge in [-0.2, -0.15) is 0 Å². The number of rotatable bonds is 2. The summed E-state index contributed by atoms with van der Waals surface area (Å²) >= 11 is 9.38. The molecule has 0 saturated carbocycles. The van der Waals surface area contributed by atoms with E-state index < -0.39 is 0 Å². The first-order valence-corrected chi connectivity index (χ1v) is 6.53. The quantitative estimate of drug-likeness (QED) is 0.781. The highest BCUT2D eigenvalue weighted by atomic mass is 79.9. The standard InChI is InChI=1S/C13H11BrClNO2/c1-3-8-4-13(17)16(7-8)11-6-10(15)9(14)5-12(11)18-2/h1,5-6,8H,4,7H2,2H3. The average Bonchev–Trinajstić information content (AvgIpc) is 2.73. The normalized spacial score (nSPS) is 18.9. The molecule has 18 heavy (non-hydrogen) atoms. The van der Waals surface area contributed by atoms with Gasteiger partial charge in [-0.3, -0.25) is 4.79 Å². The van der Waals surface area contributed by atoms with Crippen LogP contribution >= 0.6 is 27.5 Å². The minimum atomic E-state index is -0.0513. The average molecular weight is 329 g/mol. The lowest BCUT2D eigenvalue weighted by Gasteiger charge is -2.19. The molecule has 1 saturated heterocycles. The van der Waals surface area contributed by atoms with Gasteiger partial charge in [-0.25, -0.2) is 0 Å². The fourth-order valence-corrected chi connectivity index (χ4v) is 2.42. The summed E-state index contributed by atoms with van der Waals surface area (Å²) in [5, 5.41) is 0.530. The molecule has 1 heterocycles. The molecule has 0 radical (unpaired) electrons. The summed E-state index contributed by atoms with van der Waals surface area (Å²) < 4.78 is 6.00. The lowest BCUT2D eigenvalue weighted by Crippen LogP contribution is -2.24. The number of anilines is 1. The number of halogens is 2. The third-order valence-electron chi connectivity index (χ3n) is 2.87. The van der Waals surface area contributed by atoms with Crippen molar-refractivity contribution in [3.05, 3.63) is 21.6 Å². The number of terminal acetylenes is 1. The number of carbonyl (C=O) groups is 1. The minimum Gasteiger partial charge on any atom is -0.495 e. The molecule has 0 aromatic heterocycles. The molecule has 1 aliphatic rings. The molecule has 1 aromatic rings. The summed E-state index contributed by atoms with van der Waals surface area (Å²) in [7, 11) is 1.55. The highest BCUT2D eigenvalue weighted by molar-refractivity contribution is 9.10.